The van der Waals surface area contributed by atoms with E-state index in [0.29, 0.717) is 0 Å². The number of benzene rings is 2. The lowest BCUT2D eigenvalue weighted by Crippen LogP contribution is -2.03. The molecule has 0 unspecified atom stereocenters. The number of H-pyrrole nitrogens is 1. The molecule has 3 aromatic rings. The summed E-state index contributed by atoms with van der Waals surface area (Å²) in [5.41, 5.74) is 5.82. The van der Waals surface area contributed by atoms with E-state index in [9.17, 15) is 4.79 Å². The van der Waals surface area contributed by atoms with Gasteiger partial charge in [0.15, 0.2) is 5.78 Å². The maximum absolute atomic E-state index is 12.8. The van der Waals surface area contributed by atoms with E-state index >= 15 is 0 Å². The van der Waals surface area contributed by atoms with Gasteiger partial charge < -0.3 is 4.98 Å². The normalized spacial score (nSPS) is 10.9. The van der Waals surface area contributed by atoms with Crippen LogP contribution in [0.25, 0.3) is 10.9 Å². The highest BCUT2D eigenvalue weighted by molar-refractivity contribution is 6.17. The van der Waals surface area contributed by atoms with Gasteiger partial charge in [-0.3, -0.25) is 4.79 Å². The molecule has 0 saturated heterocycles. The molecule has 2 heteroatoms. The van der Waals surface area contributed by atoms with Crippen molar-refractivity contribution in [2.45, 2.75) is 20.8 Å². The van der Waals surface area contributed by atoms with Gasteiger partial charge in [-0.1, -0.05) is 29.3 Å². The zero-order valence-corrected chi connectivity index (χ0v) is 11.9. The maximum Gasteiger partial charge on any atom is 0.195 e. The molecule has 1 N–H and O–H groups in total. The molecule has 1 aromatic heterocycles. The molecule has 0 aliphatic carbocycles. The summed E-state index contributed by atoms with van der Waals surface area (Å²) in [7, 11) is 0. The van der Waals surface area contributed by atoms with Crippen molar-refractivity contribution in [1.82, 2.24) is 4.98 Å². The summed E-state index contributed by atoms with van der Waals surface area (Å²) in [6.45, 7) is 6.03. The molecule has 0 aliphatic rings. The third-order valence-electron chi connectivity index (χ3n) is 3.72. The van der Waals surface area contributed by atoms with Crippen LogP contribution in [0.15, 0.2) is 42.6 Å². The molecule has 2 aromatic carbocycles. The van der Waals surface area contributed by atoms with Gasteiger partial charge in [-0.25, -0.2) is 0 Å². The largest absolute Gasteiger partial charge is 0.360 e. The maximum atomic E-state index is 12.8. The van der Waals surface area contributed by atoms with Crippen molar-refractivity contribution in [1.29, 1.82) is 0 Å². The van der Waals surface area contributed by atoms with Crippen LogP contribution >= 0.6 is 0 Å². The van der Waals surface area contributed by atoms with Crippen molar-refractivity contribution < 1.29 is 4.79 Å². The Morgan fingerprint density at radius 2 is 1.60 bits per heavy atom. The van der Waals surface area contributed by atoms with E-state index in [1.165, 1.54) is 0 Å². The monoisotopic (exact) mass is 263 g/mol. The summed E-state index contributed by atoms with van der Waals surface area (Å²) in [6, 6.07) is 12.1. The SMILES string of the molecule is Cc1ccc(C)c(C(=O)c2c[nH]c3ccc(C)cc23)c1. The average Bonchev–Trinajstić information content (AvgIpc) is 2.83. The summed E-state index contributed by atoms with van der Waals surface area (Å²) in [5.74, 6) is 0.0862. The lowest BCUT2D eigenvalue weighted by atomic mass is 9.96. The molecular formula is C18H17NO. The molecule has 0 bridgehead atoms. The fourth-order valence-electron chi connectivity index (χ4n) is 2.55. The third kappa shape index (κ3) is 2.03. The second kappa shape index (κ2) is 4.64. The van der Waals surface area contributed by atoms with Crippen LogP contribution in [0.3, 0.4) is 0 Å². The number of hydrogen-bond acceptors (Lipinski definition) is 1. The van der Waals surface area contributed by atoms with Gasteiger partial charge in [0, 0.05) is 28.2 Å². The summed E-state index contributed by atoms with van der Waals surface area (Å²) in [4.78, 5) is 16.0. The van der Waals surface area contributed by atoms with Crippen molar-refractivity contribution >= 4 is 16.7 Å². The highest BCUT2D eigenvalue weighted by Crippen LogP contribution is 2.24. The highest BCUT2D eigenvalue weighted by atomic mass is 16.1. The third-order valence-corrected chi connectivity index (χ3v) is 3.72. The number of nitrogens with one attached hydrogen (secondary N) is 1. The zero-order valence-electron chi connectivity index (χ0n) is 11.9. The van der Waals surface area contributed by atoms with E-state index in [0.717, 1.165) is 38.7 Å². The van der Waals surface area contributed by atoms with Crippen LogP contribution in [0.5, 0.6) is 0 Å². The van der Waals surface area contributed by atoms with Crippen molar-refractivity contribution in [3.05, 3.63) is 70.4 Å². The van der Waals surface area contributed by atoms with Gasteiger partial charge in [0.05, 0.1) is 0 Å². The number of carbonyl (C=O) groups is 1. The van der Waals surface area contributed by atoms with Gasteiger partial charge >= 0.3 is 0 Å². The number of carbonyl (C=O) groups excluding carboxylic acids is 1. The van der Waals surface area contributed by atoms with E-state index in [1.54, 1.807) is 0 Å². The Kier molecular flexibility index (Phi) is 2.94. The predicted octanol–water partition coefficient (Wildman–Crippen LogP) is 4.32. The minimum Gasteiger partial charge on any atom is -0.360 e. The number of fused-ring (bicyclic) bond motifs is 1. The van der Waals surface area contributed by atoms with Gasteiger partial charge in [-0.05, 0) is 44.5 Å². The molecular weight excluding hydrogens is 246 g/mol. The molecule has 0 fully saturated rings. The fourth-order valence-corrected chi connectivity index (χ4v) is 2.55. The van der Waals surface area contributed by atoms with E-state index < -0.39 is 0 Å². The first-order valence-electron chi connectivity index (χ1n) is 6.76. The van der Waals surface area contributed by atoms with Crippen LogP contribution in [-0.2, 0) is 0 Å². The Morgan fingerprint density at radius 3 is 2.40 bits per heavy atom. The molecule has 0 spiro atoms. The summed E-state index contributed by atoms with van der Waals surface area (Å²) >= 11 is 0. The molecule has 3 rings (SSSR count). The number of ketones is 1. The first kappa shape index (κ1) is 12.7. The minimum atomic E-state index is 0.0862. The van der Waals surface area contributed by atoms with Crippen molar-refractivity contribution in [3.63, 3.8) is 0 Å². The van der Waals surface area contributed by atoms with Crippen LogP contribution in [0.2, 0.25) is 0 Å². The van der Waals surface area contributed by atoms with Gasteiger partial charge in [-0.15, -0.1) is 0 Å². The van der Waals surface area contributed by atoms with Gasteiger partial charge in [-0.2, -0.15) is 0 Å². The van der Waals surface area contributed by atoms with Gasteiger partial charge in [0.25, 0.3) is 0 Å². The first-order valence-corrected chi connectivity index (χ1v) is 6.76. The van der Waals surface area contributed by atoms with E-state index in [2.05, 4.69) is 11.1 Å². The Morgan fingerprint density at radius 1 is 0.900 bits per heavy atom. The number of aromatic amines is 1. The summed E-state index contributed by atoms with van der Waals surface area (Å²) in [6.07, 6.45) is 1.81. The van der Waals surface area contributed by atoms with E-state index in [1.807, 2.05) is 57.3 Å². The molecule has 0 amide bonds. The molecule has 0 aliphatic heterocycles. The number of aryl methyl sites for hydroxylation is 3. The molecule has 2 nitrogen and oxygen atoms in total. The lowest BCUT2D eigenvalue weighted by molar-refractivity contribution is 0.103. The Labute approximate surface area is 118 Å². The molecule has 100 valence electrons. The minimum absolute atomic E-state index is 0.0862. The predicted molar refractivity (Wildman–Crippen MR) is 82.4 cm³/mol. The second-order valence-electron chi connectivity index (χ2n) is 5.40. The smallest absolute Gasteiger partial charge is 0.195 e. The van der Waals surface area contributed by atoms with Crippen molar-refractivity contribution in [2.75, 3.05) is 0 Å². The van der Waals surface area contributed by atoms with Crippen LogP contribution in [0.4, 0.5) is 0 Å². The van der Waals surface area contributed by atoms with Crippen molar-refractivity contribution in [2.24, 2.45) is 0 Å². The number of rotatable bonds is 2. The van der Waals surface area contributed by atoms with E-state index in [4.69, 9.17) is 0 Å². The Hall–Kier alpha value is -2.35. The lowest BCUT2D eigenvalue weighted by Gasteiger charge is -2.06. The molecule has 1 heterocycles. The number of hydrogen-bond donors (Lipinski definition) is 1. The Bertz CT molecular complexity index is 811. The summed E-state index contributed by atoms with van der Waals surface area (Å²) in [5, 5.41) is 0.996. The van der Waals surface area contributed by atoms with Crippen LogP contribution in [0.1, 0.15) is 32.6 Å². The quantitative estimate of drug-likeness (QED) is 0.686. The number of aromatic nitrogens is 1. The van der Waals surface area contributed by atoms with E-state index in [-0.39, 0.29) is 5.78 Å². The van der Waals surface area contributed by atoms with Gasteiger partial charge in [0.2, 0.25) is 0 Å². The van der Waals surface area contributed by atoms with Crippen LogP contribution in [0, 0.1) is 20.8 Å². The Balaban J connectivity index is 2.17. The average molecular weight is 263 g/mol. The van der Waals surface area contributed by atoms with Crippen molar-refractivity contribution in [3.8, 4) is 0 Å². The fraction of sp³-hybridized carbons (Fsp3) is 0.167. The standard InChI is InChI=1S/C18H17NO/c1-11-4-6-13(3)14(8-11)18(20)16-10-19-17-7-5-12(2)9-15(16)17/h4-10,19H,1-3H3. The second-order valence-corrected chi connectivity index (χ2v) is 5.40. The highest BCUT2D eigenvalue weighted by Gasteiger charge is 2.16. The topological polar surface area (TPSA) is 32.9 Å². The van der Waals surface area contributed by atoms with Crippen LogP contribution < -0.4 is 0 Å². The van der Waals surface area contributed by atoms with Crippen LogP contribution in [-0.4, -0.2) is 10.8 Å². The first-order chi connectivity index (χ1) is 9.56. The van der Waals surface area contributed by atoms with Gasteiger partial charge in [0.1, 0.15) is 0 Å². The molecule has 20 heavy (non-hydrogen) atoms. The molecule has 0 atom stereocenters. The molecule has 0 saturated carbocycles. The zero-order chi connectivity index (χ0) is 14.3. The molecule has 0 radical (unpaired) electrons. The summed E-state index contributed by atoms with van der Waals surface area (Å²) < 4.78 is 0.